The number of hydrogen-bond donors (Lipinski definition) is 0. The summed E-state index contributed by atoms with van der Waals surface area (Å²) in [4.78, 5) is 37.9. The predicted octanol–water partition coefficient (Wildman–Crippen LogP) is 20.8. The number of carbonyl (C=O) groups excluding carboxylic acids is 3. The van der Waals surface area contributed by atoms with E-state index in [2.05, 4.69) is 142 Å². The largest absolute Gasteiger partial charge is 0.462 e. The Bertz CT molecular complexity index is 1550. The van der Waals surface area contributed by atoms with Gasteiger partial charge in [-0.2, -0.15) is 0 Å². The van der Waals surface area contributed by atoms with E-state index in [4.69, 9.17) is 14.2 Å². The summed E-state index contributed by atoms with van der Waals surface area (Å²) in [5, 5.41) is 0. The van der Waals surface area contributed by atoms with Gasteiger partial charge in [0.15, 0.2) is 6.10 Å². The maximum Gasteiger partial charge on any atom is 0.306 e. The van der Waals surface area contributed by atoms with Crippen molar-refractivity contribution in [3.05, 3.63) is 122 Å². The molecule has 420 valence electrons. The zero-order valence-electron chi connectivity index (χ0n) is 48.1. The lowest BCUT2D eigenvalue weighted by Gasteiger charge is -2.18. The Hall–Kier alpha value is -4.19. The van der Waals surface area contributed by atoms with Crippen LogP contribution in [0.1, 0.15) is 271 Å². The second-order valence-corrected chi connectivity index (χ2v) is 19.9. The Morgan fingerprint density at radius 1 is 0.284 bits per heavy atom. The van der Waals surface area contributed by atoms with E-state index in [1.807, 2.05) is 0 Å². The molecule has 0 radical (unpaired) electrons. The third kappa shape index (κ3) is 58.7. The Kier molecular flexibility index (Phi) is 57.9. The number of carbonyl (C=O) groups is 3. The van der Waals surface area contributed by atoms with Crippen LogP contribution in [-0.2, 0) is 28.6 Å². The van der Waals surface area contributed by atoms with Crippen LogP contribution in [0.15, 0.2) is 122 Å². The number of ether oxygens (including phenoxy) is 3. The second kappa shape index (κ2) is 61.4. The highest BCUT2D eigenvalue weighted by molar-refractivity contribution is 5.71. The zero-order valence-corrected chi connectivity index (χ0v) is 48.1. The van der Waals surface area contributed by atoms with Crippen LogP contribution < -0.4 is 0 Å². The molecule has 0 bridgehead atoms. The molecule has 1 unspecified atom stereocenters. The summed E-state index contributed by atoms with van der Waals surface area (Å²) in [6, 6.07) is 0. The Morgan fingerprint density at radius 2 is 0.527 bits per heavy atom. The number of allylic oxidation sites excluding steroid dienone is 20. The molecule has 0 aromatic rings. The number of rotatable bonds is 54. The molecule has 0 spiro atoms. The first-order valence-corrected chi connectivity index (χ1v) is 30.5. The van der Waals surface area contributed by atoms with Crippen molar-refractivity contribution in [3.63, 3.8) is 0 Å². The van der Waals surface area contributed by atoms with Crippen molar-refractivity contribution in [1.29, 1.82) is 0 Å². The lowest BCUT2D eigenvalue weighted by Crippen LogP contribution is -2.30. The van der Waals surface area contributed by atoms with Crippen LogP contribution in [0.5, 0.6) is 0 Å². The van der Waals surface area contributed by atoms with Gasteiger partial charge in [-0.05, 0) is 116 Å². The molecule has 0 N–H and O–H groups in total. The first-order chi connectivity index (χ1) is 36.5. The van der Waals surface area contributed by atoms with E-state index in [0.717, 1.165) is 135 Å². The first kappa shape index (κ1) is 69.8. The van der Waals surface area contributed by atoms with Crippen molar-refractivity contribution in [1.82, 2.24) is 0 Å². The summed E-state index contributed by atoms with van der Waals surface area (Å²) in [6.07, 6.45) is 85.1. The monoisotopic (exact) mass is 1020 g/mol. The van der Waals surface area contributed by atoms with Gasteiger partial charge in [0, 0.05) is 19.3 Å². The van der Waals surface area contributed by atoms with Crippen molar-refractivity contribution >= 4 is 17.9 Å². The van der Waals surface area contributed by atoms with Crippen LogP contribution in [0.3, 0.4) is 0 Å². The van der Waals surface area contributed by atoms with Crippen LogP contribution in [0, 0.1) is 0 Å². The Balaban J connectivity index is 4.15. The Labute approximate surface area is 456 Å². The smallest absolute Gasteiger partial charge is 0.306 e. The molecule has 0 aliphatic heterocycles. The average molecular weight is 1030 g/mol. The van der Waals surface area contributed by atoms with E-state index >= 15 is 0 Å². The maximum absolute atomic E-state index is 12.8. The lowest BCUT2D eigenvalue weighted by atomic mass is 10.1. The molecular formula is C68H112O6. The molecule has 0 aliphatic carbocycles. The van der Waals surface area contributed by atoms with E-state index in [1.54, 1.807) is 0 Å². The normalized spacial score (nSPS) is 13.0. The molecule has 0 amide bonds. The SMILES string of the molecule is CC/C=C\C/C=C\C/C=C\C/C=C\C/C=C\C/C=C\C/C=C\CCCCCCCCCCCC(=O)OCC(COC(=O)CCCCCCCC)OC(=O)CCCCCCCC/C=C\C/C=C\C/C=C\CCCCC. The standard InChI is InChI=1S/C68H112O6/c1-4-7-10-13-16-18-20-22-24-26-28-29-30-31-32-33-34-35-36-37-38-39-41-42-44-46-48-50-52-55-58-61-67(70)73-64-65(63-72-66(69)60-57-54-15-12-9-6-3)74-68(71)62-59-56-53-51-49-47-45-43-40-27-25-23-21-19-17-14-11-8-5-2/h7,10,16-19,22-25,28-29,31-32,34-35,37-38,40,43,65H,4-6,8-9,11-15,20-21,26-27,30,33,36,39,41-42,44-64H2,1-3H3/b10-7-,18-16-,19-17-,24-22-,25-23-,29-28-,32-31-,35-34-,38-37-,43-40-. The van der Waals surface area contributed by atoms with Crippen LogP contribution >= 0.6 is 0 Å². The molecule has 74 heavy (non-hydrogen) atoms. The number of esters is 3. The van der Waals surface area contributed by atoms with Gasteiger partial charge < -0.3 is 14.2 Å². The minimum Gasteiger partial charge on any atom is -0.462 e. The molecule has 0 heterocycles. The van der Waals surface area contributed by atoms with Gasteiger partial charge in [-0.3, -0.25) is 14.4 Å². The fourth-order valence-electron chi connectivity index (χ4n) is 8.13. The maximum atomic E-state index is 12.8. The van der Waals surface area contributed by atoms with Gasteiger partial charge in [-0.15, -0.1) is 0 Å². The molecule has 0 aromatic carbocycles. The summed E-state index contributed by atoms with van der Waals surface area (Å²) in [7, 11) is 0. The minimum atomic E-state index is -0.787. The first-order valence-electron chi connectivity index (χ1n) is 30.5. The average Bonchev–Trinajstić information content (AvgIpc) is 3.40. The fraction of sp³-hybridized carbons (Fsp3) is 0.662. The molecular weight excluding hydrogens is 913 g/mol. The zero-order chi connectivity index (χ0) is 53.6. The highest BCUT2D eigenvalue weighted by Crippen LogP contribution is 2.15. The predicted molar refractivity (Wildman–Crippen MR) is 320 cm³/mol. The second-order valence-electron chi connectivity index (χ2n) is 19.9. The van der Waals surface area contributed by atoms with E-state index in [-0.39, 0.29) is 31.1 Å². The van der Waals surface area contributed by atoms with Gasteiger partial charge in [-0.25, -0.2) is 0 Å². The van der Waals surface area contributed by atoms with E-state index in [9.17, 15) is 14.4 Å². The summed E-state index contributed by atoms with van der Waals surface area (Å²) >= 11 is 0. The van der Waals surface area contributed by atoms with Gasteiger partial charge in [0.2, 0.25) is 0 Å². The van der Waals surface area contributed by atoms with Crippen LogP contribution in [0.2, 0.25) is 0 Å². The number of unbranched alkanes of at least 4 members (excludes halogenated alkanes) is 23. The Morgan fingerprint density at radius 3 is 0.851 bits per heavy atom. The number of hydrogen-bond acceptors (Lipinski definition) is 6. The third-order valence-corrected chi connectivity index (χ3v) is 12.7. The quantitative estimate of drug-likeness (QED) is 0.0261. The summed E-state index contributed by atoms with van der Waals surface area (Å²) in [5.74, 6) is -0.915. The summed E-state index contributed by atoms with van der Waals surface area (Å²) < 4.78 is 16.8. The van der Waals surface area contributed by atoms with Gasteiger partial charge >= 0.3 is 17.9 Å². The van der Waals surface area contributed by atoms with Gasteiger partial charge in [0.05, 0.1) is 0 Å². The van der Waals surface area contributed by atoms with Crippen molar-refractivity contribution in [2.75, 3.05) is 13.2 Å². The van der Waals surface area contributed by atoms with Crippen LogP contribution in [-0.4, -0.2) is 37.2 Å². The van der Waals surface area contributed by atoms with Crippen molar-refractivity contribution < 1.29 is 28.6 Å². The molecule has 6 nitrogen and oxygen atoms in total. The molecule has 0 saturated carbocycles. The van der Waals surface area contributed by atoms with Gasteiger partial charge in [-0.1, -0.05) is 258 Å². The topological polar surface area (TPSA) is 78.9 Å². The summed E-state index contributed by atoms with van der Waals surface area (Å²) in [5.41, 5.74) is 0. The van der Waals surface area contributed by atoms with Crippen molar-refractivity contribution in [2.24, 2.45) is 0 Å². The minimum absolute atomic E-state index is 0.0866. The highest BCUT2D eigenvalue weighted by atomic mass is 16.6. The summed E-state index contributed by atoms with van der Waals surface area (Å²) in [6.45, 7) is 6.42. The molecule has 1 atom stereocenters. The third-order valence-electron chi connectivity index (χ3n) is 12.7. The highest BCUT2D eigenvalue weighted by Gasteiger charge is 2.19. The lowest BCUT2D eigenvalue weighted by molar-refractivity contribution is -0.167. The van der Waals surface area contributed by atoms with Gasteiger partial charge in [0.1, 0.15) is 13.2 Å². The van der Waals surface area contributed by atoms with Gasteiger partial charge in [0.25, 0.3) is 0 Å². The molecule has 0 fully saturated rings. The molecule has 0 aromatic heterocycles. The molecule has 0 aliphatic rings. The van der Waals surface area contributed by atoms with Crippen molar-refractivity contribution in [2.45, 2.75) is 277 Å². The molecule has 6 heteroatoms. The van der Waals surface area contributed by atoms with Crippen LogP contribution in [0.25, 0.3) is 0 Å². The fourth-order valence-corrected chi connectivity index (χ4v) is 8.13. The molecule has 0 rings (SSSR count). The van der Waals surface area contributed by atoms with E-state index < -0.39 is 6.10 Å². The van der Waals surface area contributed by atoms with Crippen LogP contribution in [0.4, 0.5) is 0 Å². The molecule has 0 saturated heterocycles. The van der Waals surface area contributed by atoms with Crippen molar-refractivity contribution in [3.8, 4) is 0 Å². The van der Waals surface area contributed by atoms with E-state index in [0.29, 0.717) is 19.3 Å². The van der Waals surface area contributed by atoms with E-state index in [1.165, 1.54) is 96.3 Å².